The van der Waals surface area contributed by atoms with E-state index in [4.69, 9.17) is 0 Å². The summed E-state index contributed by atoms with van der Waals surface area (Å²) in [6.45, 7) is 2.12. The van der Waals surface area contributed by atoms with Gasteiger partial charge in [0.1, 0.15) is 0 Å². The monoisotopic (exact) mass is 277 g/mol. The van der Waals surface area contributed by atoms with Crippen molar-refractivity contribution in [2.45, 2.75) is 13.3 Å². The van der Waals surface area contributed by atoms with Gasteiger partial charge < -0.3 is 5.32 Å². The van der Waals surface area contributed by atoms with E-state index in [0.29, 0.717) is 5.71 Å². The molecule has 0 radical (unpaired) electrons. The lowest BCUT2D eigenvalue weighted by Gasteiger charge is -1.96. The Morgan fingerprint density at radius 1 is 1.10 bits per heavy atom. The number of para-hydroxylation sites is 1. The number of hydrogen-bond acceptors (Lipinski definition) is 3. The standard InChI is InChI=1S/C17H15N3O/c1-2-12-7-9-13(10-8-12)11-18-20-16-14-5-3-4-6-15(14)19-17(16)21/h3-11H,2H2,1H3,(H,19,20,21)/b18-11+. The van der Waals surface area contributed by atoms with E-state index in [1.165, 1.54) is 5.56 Å². The first-order chi connectivity index (χ1) is 10.3. The van der Waals surface area contributed by atoms with Crippen LogP contribution in [0.5, 0.6) is 0 Å². The highest BCUT2D eigenvalue weighted by Gasteiger charge is 2.25. The van der Waals surface area contributed by atoms with E-state index in [0.717, 1.165) is 23.2 Å². The SMILES string of the molecule is CCc1ccc(/C=N/N=C2\C(=O)Nc3ccccc32)cc1. The van der Waals surface area contributed by atoms with Gasteiger partial charge >= 0.3 is 0 Å². The maximum atomic E-state index is 11.8. The molecule has 21 heavy (non-hydrogen) atoms. The highest BCUT2D eigenvalue weighted by Crippen LogP contribution is 2.22. The molecule has 0 spiro atoms. The Bertz CT molecular complexity index is 730. The van der Waals surface area contributed by atoms with Crippen molar-refractivity contribution in [2.24, 2.45) is 10.2 Å². The number of aryl methyl sites for hydroxylation is 1. The van der Waals surface area contributed by atoms with E-state index < -0.39 is 0 Å². The van der Waals surface area contributed by atoms with Crippen LogP contribution in [-0.4, -0.2) is 17.8 Å². The Balaban J connectivity index is 1.82. The van der Waals surface area contributed by atoms with Crippen molar-refractivity contribution in [3.8, 4) is 0 Å². The summed E-state index contributed by atoms with van der Waals surface area (Å²) >= 11 is 0. The van der Waals surface area contributed by atoms with Crippen LogP contribution in [0.15, 0.2) is 58.7 Å². The molecule has 0 aromatic heterocycles. The molecule has 3 rings (SSSR count). The van der Waals surface area contributed by atoms with Crippen molar-refractivity contribution in [2.75, 3.05) is 5.32 Å². The third-order valence-corrected chi connectivity index (χ3v) is 3.40. The van der Waals surface area contributed by atoms with Gasteiger partial charge in [-0.3, -0.25) is 4.79 Å². The molecule has 4 heteroatoms. The summed E-state index contributed by atoms with van der Waals surface area (Å²) < 4.78 is 0. The van der Waals surface area contributed by atoms with Crippen LogP contribution in [0, 0.1) is 0 Å². The number of carbonyl (C=O) groups is 1. The maximum Gasteiger partial charge on any atom is 0.276 e. The minimum Gasteiger partial charge on any atom is -0.320 e. The first-order valence-corrected chi connectivity index (χ1v) is 6.88. The molecule has 1 N–H and O–H groups in total. The number of carbonyl (C=O) groups excluding carboxylic acids is 1. The lowest BCUT2D eigenvalue weighted by molar-refractivity contribution is -0.110. The Morgan fingerprint density at radius 3 is 2.62 bits per heavy atom. The van der Waals surface area contributed by atoms with Crippen molar-refractivity contribution in [3.05, 3.63) is 65.2 Å². The van der Waals surface area contributed by atoms with Crippen molar-refractivity contribution in [3.63, 3.8) is 0 Å². The summed E-state index contributed by atoms with van der Waals surface area (Å²) in [5.41, 5.74) is 4.17. The fourth-order valence-corrected chi connectivity index (χ4v) is 2.19. The predicted octanol–water partition coefficient (Wildman–Crippen LogP) is 3.02. The van der Waals surface area contributed by atoms with Crippen LogP contribution in [0.4, 0.5) is 5.69 Å². The summed E-state index contributed by atoms with van der Waals surface area (Å²) in [7, 11) is 0. The summed E-state index contributed by atoms with van der Waals surface area (Å²) in [6, 6.07) is 15.6. The average molecular weight is 277 g/mol. The molecule has 1 heterocycles. The molecule has 0 atom stereocenters. The van der Waals surface area contributed by atoms with Crippen LogP contribution in [0.25, 0.3) is 0 Å². The molecule has 0 bridgehead atoms. The number of hydrogen-bond donors (Lipinski definition) is 1. The summed E-state index contributed by atoms with van der Waals surface area (Å²) in [6.07, 6.45) is 2.66. The van der Waals surface area contributed by atoms with Crippen LogP contribution < -0.4 is 5.32 Å². The number of fused-ring (bicyclic) bond motifs is 1. The Morgan fingerprint density at radius 2 is 1.86 bits per heavy atom. The first kappa shape index (κ1) is 13.2. The number of anilines is 1. The predicted molar refractivity (Wildman–Crippen MR) is 85.0 cm³/mol. The summed E-state index contributed by atoms with van der Waals surface area (Å²) in [5, 5.41) is 10.9. The topological polar surface area (TPSA) is 53.8 Å². The molecule has 1 aliphatic heterocycles. The van der Waals surface area contributed by atoms with Gasteiger partial charge in [0.25, 0.3) is 5.91 Å². The molecular weight excluding hydrogens is 262 g/mol. The van der Waals surface area contributed by atoms with E-state index in [9.17, 15) is 4.79 Å². The van der Waals surface area contributed by atoms with Gasteiger partial charge in [-0.05, 0) is 23.6 Å². The molecule has 0 saturated heterocycles. The normalized spacial score (nSPS) is 15.5. The molecule has 0 saturated carbocycles. The van der Waals surface area contributed by atoms with Gasteiger partial charge in [0.05, 0.1) is 11.9 Å². The molecule has 0 unspecified atom stereocenters. The second-order valence-corrected chi connectivity index (χ2v) is 4.79. The van der Waals surface area contributed by atoms with Crippen molar-refractivity contribution >= 4 is 23.5 Å². The quantitative estimate of drug-likeness (QED) is 0.680. The van der Waals surface area contributed by atoms with E-state index in [1.807, 2.05) is 36.4 Å². The fraction of sp³-hybridized carbons (Fsp3) is 0.118. The average Bonchev–Trinajstić information content (AvgIpc) is 2.84. The first-order valence-electron chi connectivity index (χ1n) is 6.88. The van der Waals surface area contributed by atoms with E-state index in [1.54, 1.807) is 6.21 Å². The van der Waals surface area contributed by atoms with Gasteiger partial charge in [-0.1, -0.05) is 49.4 Å². The van der Waals surface area contributed by atoms with Crippen LogP contribution in [-0.2, 0) is 11.2 Å². The minimum atomic E-state index is -0.213. The number of rotatable bonds is 3. The third-order valence-electron chi connectivity index (χ3n) is 3.40. The Hall–Kier alpha value is -2.75. The Kier molecular flexibility index (Phi) is 3.60. The largest absolute Gasteiger partial charge is 0.320 e. The van der Waals surface area contributed by atoms with E-state index >= 15 is 0 Å². The molecule has 2 aromatic rings. The zero-order chi connectivity index (χ0) is 14.7. The van der Waals surface area contributed by atoms with Crippen LogP contribution in [0.2, 0.25) is 0 Å². The molecule has 1 aliphatic rings. The minimum absolute atomic E-state index is 0.213. The van der Waals surface area contributed by atoms with Gasteiger partial charge in [0.2, 0.25) is 0 Å². The molecule has 0 aliphatic carbocycles. The molecule has 4 nitrogen and oxygen atoms in total. The zero-order valence-corrected chi connectivity index (χ0v) is 11.7. The molecule has 0 fully saturated rings. The molecular formula is C17H15N3O. The van der Waals surface area contributed by atoms with Crippen LogP contribution in [0.3, 0.4) is 0 Å². The number of benzene rings is 2. The van der Waals surface area contributed by atoms with Crippen molar-refractivity contribution in [1.82, 2.24) is 0 Å². The second-order valence-electron chi connectivity index (χ2n) is 4.79. The highest BCUT2D eigenvalue weighted by atomic mass is 16.2. The smallest absolute Gasteiger partial charge is 0.276 e. The number of nitrogens with one attached hydrogen (secondary N) is 1. The lowest BCUT2D eigenvalue weighted by Crippen LogP contribution is -2.13. The van der Waals surface area contributed by atoms with Crippen molar-refractivity contribution in [1.29, 1.82) is 0 Å². The van der Waals surface area contributed by atoms with Crippen LogP contribution in [0.1, 0.15) is 23.6 Å². The second kappa shape index (κ2) is 5.71. The van der Waals surface area contributed by atoms with Gasteiger partial charge in [-0.15, -0.1) is 5.10 Å². The molecule has 104 valence electrons. The molecule has 1 amide bonds. The van der Waals surface area contributed by atoms with E-state index in [-0.39, 0.29) is 5.91 Å². The molecule has 2 aromatic carbocycles. The number of nitrogens with zero attached hydrogens (tertiary/aromatic N) is 2. The van der Waals surface area contributed by atoms with Crippen LogP contribution >= 0.6 is 0 Å². The van der Waals surface area contributed by atoms with Gasteiger partial charge in [-0.25, -0.2) is 0 Å². The summed E-state index contributed by atoms with van der Waals surface area (Å²) in [5.74, 6) is -0.213. The lowest BCUT2D eigenvalue weighted by atomic mass is 10.1. The number of amides is 1. The summed E-state index contributed by atoms with van der Waals surface area (Å²) in [4.78, 5) is 11.8. The maximum absolute atomic E-state index is 11.8. The van der Waals surface area contributed by atoms with Gasteiger partial charge in [-0.2, -0.15) is 5.10 Å². The Labute approximate surface area is 123 Å². The van der Waals surface area contributed by atoms with Gasteiger partial charge in [0.15, 0.2) is 5.71 Å². The van der Waals surface area contributed by atoms with E-state index in [2.05, 4.69) is 34.6 Å². The van der Waals surface area contributed by atoms with Crippen molar-refractivity contribution < 1.29 is 4.79 Å². The third kappa shape index (κ3) is 2.74. The fourth-order valence-electron chi connectivity index (χ4n) is 2.19. The zero-order valence-electron chi connectivity index (χ0n) is 11.7. The van der Waals surface area contributed by atoms with Gasteiger partial charge in [0, 0.05) is 5.56 Å². The highest BCUT2D eigenvalue weighted by molar-refractivity contribution is 6.53.